The van der Waals surface area contributed by atoms with Crippen molar-refractivity contribution in [2.24, 2.45) is 0 Å². The van der Waals surface area contributed by atoms with Gasteiger partial charge in [-0.25, -0.2) is 0 Å². The minimum atomic E-state index is -0.140. The summed E-state index contributed by atoms with van der Waals surface area (Å²) in [6, 6.07) is 10.5. The summed E-state index contributed by atoms with van der Waals surface area (Å²) in [5, 5.41) is 10.3. The van der Waals surface area contributed by atoms with Crippen molar-refractivity contribution >= 4 is 11.8 Å². The molecular weight excluding hydrogens is 228 g/mol. The standard InChI is InChI=1S/C15H22OS/c1-15(11-6-12-17-15)14(16)10-5-9-13-7-3-2-4-8-13/h2-4,7-8,14,16H,5-6,9-12H2,1H3. The van der Waals surface area contributed by atoms with E-state index >= 15 is 0 Å². The van der Waals surface area contributed by atoms with Gasteiger partial charge in [0.1, 0.15) is 0 Å². The number of thioether (sulfide) groups is 1. The van der Waals surface area contributed by atoms with Crippen LogP contribution in [0.2, 0.25) is 0 Å². The van der Waals surface area contributed by atoms with E-state index in [-0.39, 0.29) is 10.9 Å². The first-order valence-electron chi connectivity index (χ1n) is 6.57. The van der Waals surface area contributed by atoms with Crippen LogP contribution in [0.4, 0.5) is 0 Å². The lowest BCUT2D eigenvalue weighted by Gasteiger charge is -2.29. The van der Waals surface area contributed by atoms with Crippen molar-refractivity contribution < 1.29 is 5.11 Å². The Bertz CT molecular complexity index is 330. The van der Waals surface area contributed by atoms with Crippen molar-refractivity contribution in [1.82, 2.24) is 0 Å². The highest BCUT2D eigenvalue weighted by atomic mass is 32.2. The molecule has 1 fully saturated rings. The molecule has 0 spiro atoms. The van der Waals surface area contributed by atoms with Crippen molar-refractivity contribution in [2.75, 3.05) is 5.75 Å². The Labute approximate surface area is 109 Å². The largest absolute Gasteiger partial charge is 0.392 e. The molecule has 1 aliphatic heterocycles. The summed E-state index contributed by atoms with van der Waals surface area (Å²) in [5.41, 5.74) is 1.38. The fraction of sp³-hybridized carbons (Fsp3) is 0.600. The highest BCUT2D eigenvalue weighted by Gasteiger charge is 2.36. The molecule has 2 unspecified atom stereocenters. The zero-order valence-corrected chi connectivity index (χ0v) is 11.4. The number of aryl methyl sites for hydroxylation is 1. The van der Waals surface area contributed by atoms with E-state index in [2.05, 4.69) is 37.3 Å². The van der Waals surface area contributed by atoms with Gasteiger partial charge in [-0.3, -0.25) is 0 Å². The van der Waals surface area contributed by atoms with Gasteiger partial charge < -0.3 is 5.11 Å². The van der Waals surface area contributed by atoms with Gasteiger partial charge in [0.05, 0.1) is 6.10 Å². The lowest BCUT2D eigenvalue weighted by atomic mass is 9.94. The van der Waals surface area contributed by atoms with Crippen LogP contribution in [-0.4, -0.2) is 21.7 Å². The Hall–Kier alpha value is -0.470. The summed E-state index contributed by atoms with van der Waals surface area (Å²) >= 11 is 1.95. The van der Waals surface area contributed by atoms with Crippen molar-refractivity contribution in [3.63, 3.8) is 0 Å². The van der Waals surface area contributed by atoms with Gasteiger partial charge in [-0.1, -0.05) is 30.3 Å². The third-order valence-electron chi connectivity index (χ3n) is 3.74. The smallest absolute Gasteiger partial charge is 0.0684 e. The summed E-state index contributed by atoms with van der Waals surface area (Å²) in [6.07, 6.45) is 5.39. The maximum atomic E-state index is 10.3. The second kappa shape index (κ2) is 5.92. The molecule has 2 heteroatoms. The predicted octanol–water partition coefficient (Wildman–Crippen LogP) is 3.66. The van der Waals surface area contributed by atoms with E-state index in [1.54, 1.807) is 0 Å². The van der Waals surface area contributed by atoms with Gasteiger partial charge in [0, 0.05) is 4.75 Å². The SMILES string of the molecule is CC1(C(O)CCCc2ccccc2)CCCS1. The Balaban J connectivity index is 1.75. The second-order valence-corrected chi connectivity index (χ2v) is 6.79. The van der Waals surface area contributed by atoms with Gasteiger partial charge in [-0.05, 0) is 50.3 Å². The molecule has 2 atom stereocenters. The summed E-state index contributed by atoms with van der Waals surface area (Å²) in [7, 11) is 0. The van der Waals surface area contributed by atoms with Gasteiger partial charge in [0.25, 0.3) is 0 Å². The highest BCUT2D eigenvalue weighted by molar-refractivity contribution is 8.00. The van der Waals surface area contributed by atoms with Crippen LogP contribution in [0.1, 0.15) is 38.2 Å². The van der Waals surface area contributed by atoms with Gasteiger partial charge in [-0.15, -0.1) is 0 Å². The number of hydrogen-bond acceptors (Lipinski definition) is 2. The minimum absolute atomic E-state index is 0.122. The molecule has 1 aliphatic rings. The average molecular weight is 250 g/mol. The van der Waals surface area contributed by atoms with E-state index in [0.29, 0.717) is 0 Å². The Morgan fingerprint density at radius 2 is 2.12 bits per heavy atom. The third-order valence-corrected chi connectivity index (χ3v) is 5.37. The highest BCUT2D eigenvalue weighted by Crippen LogP contribution is 2.41. The Morgan fingerprint density at radius 3 is 2.76 bits per heavy atom. The molecule has 0 bridgehead atoms. The quantitative estimate of drug-likeness (QED) is 0.860. The monoisotopic (exact) mass is 250 g/mol. The van der Waals surface area contributed by atoms with Crippen LogP contribution in [0.15, 0.2) is 30.3 Å². The first-order valence-corrected chi connectivity index (χ1v) is 7.55. The van der Waals surface area contributed by atoms with Gasteiger partial charge in [-0.2, -0.15) is 11.8 Å². The van der Waals surface area contributed by atoms with Gasteiger partial charge in [0.2, 0.25) is 0 Å². The minimum Gasteiger partial charge on any atom is -0.392 e. The summed E-state index contributed by atoms with van der Waals surface area (Å²) in [5.74, 6) is 1.21. The zero-order valence-electron chi connectivity index (χ0n) is 10.6. The van der Waals surface area contributed by atoms with E-state index in [4.69, 9.17) is 0 Å². The first kappa shape index (κ1) is 13.0. The van der Waals surface area contributed by atoms with Crippen LogP contribution in [0.5, 0.6) is 0 Å². The number of aliphatic hydroxyl groups excluding tert-OH is 1. The van der Waals surface area contributed by atoms with E-state index in [1.807, 2.05) is 11.8 Å². The first-order chi connectivity index (χ1) is 8.21. The molecule has 0 radical (unpaired) electrons. The molecule has 1 N–H and O–H groups in total. The van der Waals surface area contributed by atoms with Crippen LogP contribution in [0, 0.1) is 0 Å². The number of aliphatic hydroxyl groups is 1. The maximum Gasteiger partial charge on any atom is 0.0684 e. The second-order valence-electron chi connectivity index (χ2n) is 5.16. The average Bonchev–Trinajstić information content (AvgIpc) is 2.79. The van der Waals surface area contributed by atoms with Gasteiger partial charge >= 0.3 is 0 Å². The topological polar surface area (TPSA) is 20.2 Å². The van der Waals surface area contributed by atoms with E-state index < -0.39 is 0 Å². The lowest BCUT2D eigenvalue weighted by molar-refractivity contribution is 0.122. The molecule has 94 valence electrons. The lowest BCUT2D eigenvalue weighted by Crippen LogP contribution is -2.33. The molecule has 0 aliphatic carbocycles. The molecule has 0 aromatic heterocycles. The van der Waals surface area contributed by atoms with Crippen LogP contribution in [-0.2, 0) is 6.42 Å². The summed E-state index contributed by atoms with van der Waals surface area (Å²) < 4.78 is 0.122. The van der Waals surface area contributed by atoms with E-state index in [1.165, 1.54) is 24.2 Å². The normalized spacial score (nSPS) is 26.0. The molecule has 1 aromatic rings. The molecule has 2 rings (SSSR count). The summed E-state index contributed by atoms with van der Waals surface area (Å²) in [6.45, 7) is 2.22. The number of hydrogen-bond donors (Lipinski definition) is 1. The third kappa shape index (κ3) is 3.49. The van der Waals surface area contributed by atoms with Crippen molar-refractivity contribution in [3.05, 3.63) is 35.9 Å². The molecule has 1 aromatic carbocycles. The molecule has 0 saturated carbocycles. The van der Waals surface area contributed by atoms with Crippen LogP contribution < -0.4 is 0 Å². The van der Waals surface area contributed by atoms with Crippen LogP contribution >= 0.6 is 11.8 Å². The fourth-order valence-electron chi connectivity index (χ4n) is 2.51. The zero-order chi connectivity index (χ0) is 12.1. The number of benzene rings is 1. The van der Waals surface area contributed by atoms with Crippen LogP contribution in [0.3, 0.4) is 0 Å². The fourth-order valence-corrected chi connectivity index (χ4v) is 3.87. The predicted molar refractivity (Wildman–Crippen MR) is 75.5 cm³/mol. The molecule has 1 nitrogen and oxygen atoms in total. The Kier molecular flexibility index (Phi) is 4.52. The molecular formula is C15H22OS. The van der Waals surface area contributed by atoms with Crippen LogP contribution in [0.25, 0.3) is 0 Å². The number of rotatable bonds is 5. The molecule has 1 saturated heterocycles. The summed E-state index contributed by atoms with van der Waals surface area (Å²) in [4.78, 5) is 0. The van der Waals surface area contributed by atoms with Gasteiger partial charge in [0.15, 0.2) is 0 Å². The van der Waals surface area contributed by atoms with Crippen molar-refractivity contribution in [1.29, 1.82) is 0 Å². The molecule has 1 heterocycles. The van der Waals surface area contributed by atoms with Crippen molar-refractivity contribution in [2.45, 2.75) is 49.9 Å². The molecule has 17 heavy (non-hydrogen) atoms. The Morgan fingerprint density at radius 1 is 1.35 bits per heavy atom. The van der Waals surface area contributed by atoms with E-state index in [0.717, 1.165) is 19.3 Å². The maximum absolute atomic E-state index is 10.3. The van der Waals surface area contributed by atoms with Crippen molar-refractivity contribution in [3.8, 4) is 0 Å². The van der Waals surface area contributed by atoms with E-state index in [9.17, 15) is 5.11 Å². The molecule has 0 amide bonds.